The topological polar surface area (TPSA) is 95.6 Å². The van der Waals surface area contributed by atoms with E-state index in [1.54, 1.807) is 46.5 Å². The molecule has 0 aromatic carbocycles. The molecule has 1 aromatic rings. The summed E-state index contributed by atoms with van der Waals surface area (Å²) in [6.07, 6.45) is 1.62. The number of amidine groups is 2. The first-order valence-corrected chi connectivity index (χ1v) is 7.25. The van der Waals surface area contributed by atoms with E-state index in [0.717, 1.165) is 5.56 Å². The third-order valence-electron chi connectivity index (χ3n) is 2.55. The van der Waals surface area contributed by atoms with E-state index in [9.17, 15) is 0 Å². The van der Waals surface area contributed by atoms with E-state index in [1.165, 1.54) is 0 Å². The van der Waals surface area contributed by atoms with Crippen LogP contribution < -0.4 is 15.6 Å². The quantitative estimate of drug-likeness (QED) is 0.238. The number of hydrogen-bond donors (Lipinski definition) is 2. The van der Waals surface area contributed by atoms with Crippen molar-refractivity contribution >= 4 is 47.0 Å². The van der Waals surface area contributed by atoms with Gasteiger partial charge >= 0.3 is 17.1 Å². The van der Waals surface area contributed by atoms with Crippen molar-refractivity contribution in [1.82, 2.24) is 15.8 Å². The predicted octanol–water partition coefficient (Wildman–Crippen LogP) is 0.412. The summed E-state index contributed by atoms with van der Waals surface area (Å²) in [4.78, 5) is 11.8. The molecule has 0 spiro atoms. The van der Waals surface area contributed by atoms with Gasteiger partial charge in [-0.15, -0.1) is 0 Å². The Hall–Kier alpha value is -1.81. The van der Waals surface area contributed by atoms with Crippen LogP contribution in [-0.4, -0.2) is 47.9 Å². The van der Waals surface area contributed by atoms with Crippen LogP contribution in [-0.2, 0) is 42.3 Å². The molecule has 1 aromatic heterocycles. The van der Waals surface area contributed by atoms with Gasteiger partial charge in [0.2, 0.25) is 5.88 Å². The molecule has 8 nitrogen and oxygen atoms in total. The Balaban J connectivity index is 0.00000529. The van der Waals surface area contributed by atoms with Gasteiger partial charge in [0.15, 0.2) is 0 Å². The fourth-order valence-electron chi connectivity index (χ4n) is 1.38. The number of ether oxygens (including phenoxy) is 1. The van der Waals surface area contributed by atoms with Crippen molar-refractivity contribution in [2.24, 2.45) is 20.2 Å². The Morgan fingerprint density at radius 1 is 1.08 bits per heavy atom. The van der Waals surface area contributed by atoms with E-state index in [-0.39, 0.29) is 27.4 Å². The molecule has 133 valence electrons. The minimum absolute atomic E-state index is 0. The number of rotatable bonds is 5. The van der Waals surface area contributed by atoms with Gasteiger partial charge in [-0.3, -0.25) is 20.8 Å². The summed E-state index contributed by atoms with van der Waals surface area (Å²) in [6.45, 7) is 1.77. The summed E-state index contributed by atoms with van der Waals surface area (Å²) in [5, 5.41) is 8.90. The molecular weight excluding hydrogens is 398 g/mol. The van der Waals surface area contributed by atoms with Crippen molar-refractivity contribution in [3.05, 3.63) is 23.9 Å². The van der Waals surface area contributed by atoms with Gasteiger partial charge in [-0.1, -0.05) is 0 Å². The Labute approximate surface area is 162 Å². The van der Waals surface area contributed by atoms with Crippen molar-refractivity contribution in [1.29, 1.82) is 0 Å². The van der Waals surface area contributed by atoms with Crippen molar-refractivity contribution in [3.8, 4) is 5.88 Å². The standard InChI is InChI=1S/C13H19N7OS2.Cu/c1-8(17-19-12(22)14-2)11(18-20-13(23)15-3)9-5-6-10(21-4)16-7-9;/h5-7H,1-4H3,(H2,14,19,22)(H2,15,20,23);/q;+2/p-2/b17-8+,18-11-;. The number of hydrogen-bond acceptors (Lipinski definition) is 8. The molecule has 24 heavy (non-hydrogen) atoms. The number of pyridine rings is 1. The molecule has 1 rings (SSSR count). The Morgan fingerprint density at radius 3 is 2.12 bits per heavy atom. The van der Waals surface area contributed by atoms with Crippen molar-refractivity contribution in [3.63, 3.8) is 0 Å². The maximum atomic E-state index is 5.04. The van der Waals surface area contributed by atoms with Gasteiger partial charge in [-0.05, 0) is 23.3 Å². The van der Waals surface area contributed by atoms with Crippen LogP contribution in [0.4, 0.5) is 0 Å². The van der Waals surface area contributed by atoms with Crippen molar-refractivity contribution in [2.75, 3.05) is 21.2 Å². The number of aromatic nitrogens is 1. The summed E-state index contributed by atoms with van der Waals surface area (Å²) >= 11 is 9.89. The van der Waals surface area contributed by atoms with Crippen LogP contribution in [0, 0.1) is 0 Å². The smallest absolute Gasteiger partial charge is 0.741 e. The molecule has 0 atom stereocenters. The zero-order chi connectivity index (χ0) is 17.2. The van der Waals surface area contributed by atoms with Crippen LogP contribution in [0.15, 0.2) is 38.5 Å². The van der Waals surface area contributed by atoms with Crippen LogP contribution in [0.25, 0.3) is 0 Å². The third kappa shape index (κ3) is 7.18. The van der Waals surface area contributed by atoms with E-state index in [0.29, 0.717) is 17.3 Å². The molecule has 1 heterocycles. The fraction of sp³-hybridized carbons (Fsp3) is 0.308. The minimum atomic E-state index is 0. The maximum Gasteiger partial charge on any atom is 2.00 e. The van der Waals surface area contributed by atoms with Gasteiger partial charge in [-0.2, -0.15) is 10.2 Å². The summed E-state index contributed by atoms with van der Waals surface area (Å²) in [7, 11) is 4.69. The Morgan fingerprint density at radius 2 is 1.67 bits per heavy atom. The van der Waals surface area contributed by atoms with E-state index in [4.69, 9.17) is 30.0 Å². The largest absolute Gasteiger partial charge is 2.00 e. The average molecular weight is 415 g/mol. The molecule has 0 aliphatic carbocycles. The normalized spacial score (nSPS) is 13.2. The molecule has 0 bridgehead atoms. The molecule has 11 heteroatoms. The van der Waals surface area contributed by atoms with Crippen LogP contribution >= 0.6 is 0 Å². The average Bonchev–Trinajstić information content (AvgIpc) is 2.59. The number of nitrogens with zero attached hydrogens (tertiary/aromatic N) is 5. The number of aliphatic imine (C=N–C) groups is 2. The van der Waals surface area contributed by atoms with Gasteiger partial charge in [0.05, 0.1) is 12.8 Å². The van der Waals surface area contributed by atoms with Crippen molar-refractivity contribution in [2.45, 2.75) is 6.92 Å². The first-order valence-electron chi connectivity index (χ1n) is 6.44. The zero-order valence-electron chi connectivity index (χ0n) is 13.5. The van der Waals surface area contributed by atoms with E-state index < -0.39 is 0 Å². The second-order valence-corrected chi connectivity index (χ2v) is 4.80. The van der Waals surface area contributed by atoms with Crippen LogP contribution in [0.5, 0.6) is 5.88 Å². The van der Waals surface area contributed by atoms with Crippen LogP contribution in [0.3, 0.4) is 0 Å². The minimum Gasteiger partial charge on any atom is -0.741 e. The summed E-state index contributed by atoms with van der Waals surface area (Å²) in [6, 6.07) is 3.53. The second kappa shape index (κ2) is 11.7. The molecular formula is C13H17CuN7OS2. The monoisotopic (exact) mass is 414 g/mol. The molecule has 2 N–H and O–H groups in total. The molecule has 1 radical (unpaired) electrons. The number of methoxy groups -OCH3 is 1. The van der Waals surface area contributed by atoms with Gasteiger partial charge in [0.25, 0.3) is 0 Å². The number of nitrogens with one attached hydrogen (secondary N) is 2. The SMILES string of the molecule is CN=C([S-])N/N=C(C)/C(=N/NC([S-])=NC)c1ccc(OC)nc1.[Cu+2]. The van der Waals surface area contributed by atoms with Gasteiger partial charge in [-0.25, -0.2) is 4.98 Å². The molecule has 0 unspecified atom stereocenters. The molecule has 0 saturated heterocycles. The molecule has 0 aliphatic heterocycles. The van der Waals surface area contributed by atoms with E-state index in [2.05, 4.69) is 36.0 Å². The predicted molar refractivity (Wildman–Crippen MR) is 98.2 cm³/mol. The van der Waals surface area contributed by atoms with E-state index >= 15 is 0 Å². The van der Waals surface area contributed by atoms with Gasteiger partial charge in [0, 0.05) is 31.9 Å². The summed E-state index contributed by atoms with van der Waals surface area (Å²) in [5.74, 6) is 0.499. The number of hydrazone groups is 2. The Bertz CT molecular complexity index is 644. The first-order chi connectivity index (χ1) is 11.0. The second-order valence-electron chi connectivity index (χ2n) is 4.03. The van der Waals surface area contributed by atoms with Crippen LogP contribution in [0.2, 0.25) is 0 Å². The fourth-order valence-corrected chi connectivity index (χ4v) is 1.48. The first kappa shape index (κ1) is 22.2. The molecule has 0 saturated carbocycles. The third-order valence-corrected chi connectivity index (χ3v) is 3.10. The van der Waals surface area contributed by atoms with E-state index in [1.807, 2.05) is 0 Å². The summed E-state index contributed by atoms with van der Waals surface area (Å²) < 4.78 is 5.04. The maximum absolute atomic E-state index is 5.04. The molecule has 0 fully saturated rings. The van der Waals surface area contributed by atoms with Crippen molar-refractivity contribution < 1.29 is 21.8 Å². The zero-order valence-corrected chi connectivity index (χ0v) is 16.1. The van der Waals surface area contributed by atoms with Crippen LogP contribution in [0.1, 0.15) is 12.5 Å². The Kier molecular flexibility index (Phi) is 10.8. The molecule has 0 amide bonds. The van der Waals surface area contributed by atoms with Gasteiger partial charge < -0.3 is 30.0 Å². The summed E-state index contributed by atoms with van der Waals surface area (Å²) in [5.41, 5.74) is 7.13. The van der Waals surface area contributed by atoms with Gasteiger partial charge in [0.1, 0.15) is 5.71 Å². The molecule has 0 aliphatic rings.